The Morgan fingerprint density at radius 2 is 1.82 bits per heavy atom. The molecule has 0 aliphatic carbocycles. The molecule has 17 heavy (non-hydrogen) atoms. The van der Waals surface area contributed by atoms with E-state index in [1.165, 1.54) is 0 Å². The normalized spacial score (nSPS) is 11.9. The second kappa shape index (κ2) is 6.91. The first-order valence-electron chi connectivity index (χ1n) is 5.65. The molecule has 0 aliphatic heterocycles. The standard InChI is InChI=1S/C13H18O4/c1-4-16-12(13(14)17-5-2)10-6-8-11(15-3)9-7-10/h6-9,12H,4-5H2,1-3H3. The topological polar surface area (TPSA) is 44.8 Å². The van der Waals surface area contributed by atoms with Crippen LogP contribution >= 0.6 is 0 Å². The second-order valence-electron chi connectivity index (χ2n) is 3.36. The predicted octanol–water partition coefficient (Wildman–Crippen LogP) is 2.34. The predicted molar refractivity (Wildman–Crippen MR) is 64.0 cm³/mol. The van der Waals surface area contributed by atoms with E-state index in [0.29, 0.717) is 13.2 Å². The summed E-state index contributed by atoms with van der Waals surface area (Å²) < 4.78 is 15.4. The highest BCUT2D eigenvalue weighted by molar-refractivity contribution is 5.76. The molecule has 1 aromatic carbocycles. The minimum Gasteiger partial charge on any atom is -0.497 e. The fraction of sp³-hybridized carbons (Fsp3) is 0.462. The Kier molecular flexibility index (Phi) is 5.49. The summed E-state index contributed by atoms with van der Waals surface area (Å²) in [6.07, 6.45) is -0.661. The van der Waals surface area contributed by atoms with Crippen molar-refractivity contribution in [3.05, 3.63) is 29.8 Å². The minimum atomic E-state index is -0.661. The summed E-state index contributed by atoms with van der Waals surface area (Å²) in [5.41, 5.74) is 0.770. The quantitative estimate of drug-likeness (QED) is 0.713. The Bertz CT molecular complexity index is 345. The van der Waals surface area contributed by atoms with E-state index in [9.17, 15) is 4.79 Å². The van der Waals surface area contributed by atoms with Gasteiger partial charge in [0.25, 0.3) is 0 Å². The van der Waals surface area contributed by atoms with E-state index in [2.05, 4.69) is 0 Å². The zero-order valence-corrected chi connectivity index (χ0v) is 10.4. The van der Waals surface area contributed by atoms with Crippen LogP contribution in [0.5, 0.6) is 5.75 Å². The van der Waals surface area contributed by atoms with Gasteiger partial charge in [-0.15, -0.1) is 0 Å². The van der Waals surface area contributed by atoms with Crippen molar-refractivity contribution in [3.8, 4) is 5.75 Å². The maximum atomic E-state index is 11.7. The summed E-state index contributed by atoms with van der Waals surface area (Å²) in [5.74, 6) is 0.382. The number of carbonyl (C=O) groups is 1. The first kappa shape index (κ1) is 13.5. The van der Waals surface area contributed by atoms with E-state index >= 15 is 0 Å². The number of benzene rings is 1. The van der Waals surface area contributed by atoms with Gasteiger partial charge in [0.15, 0.2) is 6.10 Å². The molecule has 0 saturated carbocycles. The largest absolute Gasteiger partial charge is 0.497 e. The Morgan fingerprint density at radius 1 is 1.18 bits per heavy atom. The van der Waals surface area contributed by atoms with Gasteiger partial charge in [-0.05, 0) is 31.5 Å². The molecule has 0 aliphatic rings. The summed E-state index contributed by atoms with van der Waals surface area (Å²) >= 11 is 0. The van der Waals surface area contributed by atoms with Gasteiger partial charge in [0, 0.05) is 6.61 Å². The lowest BCUT2D eigenvalue weighted by Gasteiger charge is -2.16. The molecule has 4 nitrogen and oxygen atoms in total. The van der Waals surface area contributed by atoms with Gasteiger partial charge in [0.1, 0.15) is 5.75 Å². The number of rotatable bonds is 6. The summed E-state index contributed by atoms with van der Waals surface area (Å²) in [6, 6.07) is 7.19. The number of hydrogen-bond donors (Lipinski definition) is 0. The molecule has 0 bridgehead atoms. The van der Waals surface area contributed by atoms with Crippen LogP contribution in [-0.2, 0) is 14.3 Å². The molecule has 1 rings (SSSR count). The summed E-state index contributed by atoms with van der Waals surface area (Å²) in [7, 11) is 1.60. The summed E-state index contributed by atoms with van der Waals surface area (Å²) in [4.78, 5) is 11.7. The molecule has 94 valence electrons. The van der Waals surface area contributed by atoms with Gasteiger partial charge < -0.3 is 14.2 Å². The van der Waals surface area contributed by atoms with Gasteiger partial charge in [-0.25, -0.2) is 4.79 Å². The van der Waals surface area contributed by atoms with Crippen LogP contribution in [-0.4, -0.2) is 26.3 Å². The molecule has 1 atom stereocenters. The molecule has 0 heterocycles. The van der Waals surface area contributed by atoms with Crippen molar-refractivity contribution in [1.82, 2.24) is 0 Å². The fourth-order valence-corrected chi connectivity index (χ4v) is 1.46. The molecule has 0 aromatic heterocycles. The van der Waals surface area contributed by atoms with E-state index in [4.69, 9.17) is 14.2 Å². The van der Waals surface area contributed by atoms with Gasteiger partial charge in [0.2, 0.25) is 0 Å². The third-order valence-corrected chi connectivity index (χ3v) is 2.25. The Morgan fingerprint density at radius 3 is 2.29 bits per heavy atom. The lowest BCUT2D eigenvalue weighted by Crippen LogP contribution is -2.19. The molecule has 1 unspecified atom stereocenters. The van der Waals surface area contributed by atoms with Crippen LogP contribution in [0, 0.1) is 0 Å². The van der Waals surface area contributed by atoms with Crippen LogP contribution in [0.15, 0.2) is 24.3 Å². The number of hydrogen-bond acceptors (Lipinski definition) is 4. The Balaban J connectivity index is 2.84. The van der Waals surface area contributed by atoms with Crippen LogP contribution < -0.4 is 4.74 Å². The molecule has 4 heteroatoms. The van der Waals surface area contributed by atoms with E-state index < -0.39 is 6.10 Å². The average molecular weight is 238 g/mol. The molecule has 0 fully saturated rings. The number of ether oxygens (including phenoxy) is 3. The van der Waals surface area contributed by atoms with Gasteiger partial charge in [-0.3, -0.25) is 0 Å². The molecular weight excluding hydrogens is 220 g/mol. The summed E-state index contributed by atoms with van der Waals surface area (Å²) in [6.45, 7) is 4.42. The Hall–Kier alpha value is -1.55. The maximum Gasteiger partial charge on any atom is 0.339 e. The molecule has 0 amide bonds. The van der Waals surface area contributed by atoms with Crippen LogP contribution in [0.25, 0.3) is 0 Å². The zero-order chi connectivity index (χ0) is 12.7. The first-order valence-corrected chi connectivity index (χ1v) is 5.65. The third kappa shape index (κ3) is 3.75. The van der Waals surface area contributed by atoms with Gasteiger partial charge in [0.05, 0.1) is 13.7 Å². The lowest BCUT2D eigenvalue weighted by molar-refractivity contribution is -0.157. The molecule has 1 aromatic rings. The highest BCUT2D eigenvalue weighted by atomic mass is 16.6. The lowest BCUT2D eigenvalue weighted by atomic mass is 10.1. The average Bonchev–Trinajstić information content (AvgIpc) is 2.36. The van der Waals surface area contributed by atoms with Crippen molar-refractivity contribution in [2.24, 2.45) is 0 Å². The van der Waals surface area contributed by atoms with Gasteiger partial charge in [-0.2, -0.15) is 0 Å². The fourth-order valence-electron chi connectivity index (χ4n) is 1.46. The number of esters is 1. The van der Waals surface area contributed by atoms with Crippen LogP contribution in [0.4, 0.5) is 0 Å². The minimum absolute atomic E-state index is 0.346. The number of methoxy groups -OCH3 is 1. The van der Waals surface area contributed by atoms with Crippen molar-refractivity contribution >= 4 is 5.97 Å². The second-order valence-corrected chi connectivity index (χ2v) is 3.36. The van der Waals surface area contributed by atoms with E-state index in [1.807, 2.05) is 6.92 Å². The van der Waals surface area contributed by atoms with E-state index in [1.54, 1.807) is 38.3 Å². The highest BCUT2D eigenvalue weighted by Gasteiger charge is 2.22. The molecule has 0 N–H and O–H groups in total. The monoisotopic (exact) mass is 238 g/mol. The van der Waals surface area contributed by atoms with Gasteiger partial charge in [-0.1, -0.05) is 12.1 Å². The molecule has 0 saturated heterocycles. The highest BCUT2D eigenvalue weighted by Crippen LogP contribution is 2.22. The van der Waals surface area contributed by atoms with Crippen LogP contribution in [0.1, 0.15) is 25.5 Å². The van der Waals surface area contributed by atoms with Crippen LogP contribution in [0.3, 0.4) is 0 Å². The van der Waals surface area contributed by atoms with E-state index in [-0.39, 0.29) is 5.97 Å². The van der Waals surface area contributed by atoms with Crippen molar-refractivity contribution in [3.63, 3.8) is 0 Å². The van der Waals surface area contributed by atoms with Gasteiger partial charge >= 0.3 is 5.97 Å². The van der Waals surface area contributed by atoms with Crippen LogP contribution in [0.2, 0.25) is 0 Å². The third-order valence-electron chi connectivity index (χ3n) is 2.25. The van der Waals surface area contributed by atoms with Crippen molar-refractivity contribution < 1.29 is 19.0 Å². The number of carbonyl (C=O) groups excluding carboxylic acids is 1. The first-order chi connectivity index (χ1) is 8.22. The maximum absolute atomic E-state index is 11.7. The Labute approximate surface area is 101 Å². The smallest absolute Gasteiger partial charge is 0.339 e. The van der Waals surface area contributed by atoms with E-state index in [0.717, 1.165) is 11.3 Å². The zero-order valence-electron chi connectivity index (χ0n) is 10.4. The molecule has 0 spiro atoms. The van der Waals surface area contributed by atoms with Crippen molar-refractivity contribution in [2.75, 3.05) is 20.3 Å². The molecule has 0 radical (unpaired) electrons. The molecular formula is C13H18O4. The van der Waals surface area contributed by atoms with Crippen molar-refractivity contribution in [2.45, 2.75) is 20.0 Å². The van der Waals surface area contributed by atoms with Crippen molar-refractivity contribution in [1.29, 1.82) is 0 Å². The SMILES string of the molecule is CCOC(=O)C(OCC)c1ccc(OC)cc1. The summed E-state index contributed by atoms with van der Waals surface area (Å²) in [5, 5.41) is 0.